The van der Waals surface area contributed by atoms with E-state index < -0.39 is 30.0 Å². The first-order valence-electron chi connectivity index (χ1n) is 7.82. The zero-order valence-electron chi connectivity index (χ0n) is 14.3. The second-order valence-corrected chi connectivity index (χ2v) is 5.85. The highest BCUT2D eigenvalue weighted by Gasteiger charge is 2.51. The minimum atomic E-state index is -1.18. The molecule has 1 aliphatic heterocycles. The molecule has 7 nitrogen and oxygen atoms in total. The minimum absolute atomic E-state index is 0.309. The van der Waals surface area contributed by atoms with Crippen LogP contribution in [0.5, 0.6) is 5.75 Å². The normalized spacial score (nSPS) is 20.3. The van der Waals surface area contributed by atoms with Gasteiger partial charge in [0.2, 0.25) is 0 Å². The molecule has 1 saturated heterocycles. The molecule has 0 aliphatic carbocycles. The van der Waals surface area contributed by atoms with E-state index in [1.807, 2.05) is 0 Å². The summed E-state index contributed by atoms with van der Waals surface area (Å²) in [5, 5.41) is 2.72. The Bertz CT molecular complexity index is 641. The van der Waals surface area contributed by atoms with Crippen LogP contribution in [-0.2, 0) is 19.9 Å². The molecule has 3 amide bonds. The summed E-state index contributed by atoms with van der Waals surface area (Å²) in [4.78, 5) is 37.8. The first kappa shape index (κ1) is 17.8. The molecule has 0 spiro atoms. The van der Waals surface area contributed by atoms with Crippen LogP contribution < -0.4 is 10.1 Å². The van der Waals surface area contributed by atoms with Crippen LogP contribution in [0.3, 0.4) is 0 Å². The van der Waals surface area contributed by atoms with Crippen molar-refractivity contribution in [1.82, 2.24) is 10.2 Å². The lowest BCUT2D eigenvalue weighted by molar-refractivity contribution is -0.151. The summed E-state index contributed by atoms with van der Waals surface area (Å²) < 4.78 is 10.1. The zero-order valence-corrected chi connectivity index (χ0v) is 14.3. The fourth-order valence-corrected chi connectivity index (χ4v) is 2.71. The number of amides is 3. The number of esters is 1. The van der Waals surface area contributed by atoms with Gasteiger partial charge < -0.3 is 14.8 Å². The van der Waals surface area contributed by atoms with Crippen LogP contribution in [0.15, 0.2) is 24.3 Å². The van der Waals surface area contributed by atoms with Crippen molar-refractivity contribution in [3.05, 3.63) is 29.8 Å². The van der Waals surface area contributed by atoms with Gasteiger partial charge >= 0.3 is 12.0 Å². The van der Waals surface area contributed by atoms with Gasteiger partial charge in [0.1, 0.15) is 17.8 Å². The number of hydrogen-bond donors (Lipinski definition) is 1. The van der Waals surface area contributed by atoms with E-state index in [2.05, 4.69) is 5.32 Å². The second-order valence-electron chi connectivity index (χ2n) is 5.85. The maximum atomic E-state index is 12.8. The predicted octanol–water partition coefficient (Wildman–Crippen LogP) is 1.80. The molecule has 24 heavy (non-hydrogen) atoms. The molecule has 1 N–H and O–H groups in total. The van der Waals surface area contributed by atoms with Crippen molar-refractivity contribution < 1.29 is 23.9 Å². The summed E-state index contributed by atoms with van der Waals surface area (Å²) in [7, 11) is 1.55. The van der Waals surface area contributed by atoms with Crippen LogP contribution in [0, 0.1) is 0 Å². The van der Waals surface area contributed by atoms with E-state index in [4.69, 9.17) is 9.47 Å². The van der Waals surface area contributed by atoms with Crippen LogP contribution in [-0.4, -0.2) is 42.6 Å². The summed E-state index contributed by atoms with van der Waals surface area (Å²) in [6, 6.07) is 6.31. The average molecular weight is 334 g/mol. The van der Waals surface area contributed by atoms with Gasteiger partial charge in [-0.1, -0.05) is 19.1 Å². The predicted molar refractivity (Wildman–Crippen MR) is 86.4 cm³/mol. The van der Waals surface area contributed by atoms with Crippen molar-refractivity contribution in [2.75, 3.05) is 13.7 Å². The van der Waals surface area contributed by atoms with Gasteiger partial charge in [-0.3, -0.25) is 14.5 Å². The van der Waals surface area contributed by atoms with Gasteiger partial charge in [-0.05, 0) is 38.0 Å². The zero-order chi connectivity index (χ0) is 17.9. The molecule has 130 valence electrons. The van der Waals surface area contributed by atoms with Crippen LogP contribution >= 0.6 is 0 Å². The van der Waals surface area contributed by atoms with E-state index in [0.29, 0.717) is 17.7 Å². The Morgan fingerprint density at radius 3 is 2.38 bits per heavy atom. The van der Waals surface area contributed by atoms with E-state index in [9.17, 15) is 14.4 Å². The smallest absolute Gasteiger partial charge is 0.326 e. The minimum Gasteiger partial charge on any atom is -0.497 e. The molecule has 0 aromatic heterocycles. The first-order chi connectivity index (χ1) is 11.3. The van der Waals surface area contributed by atoms with E-state index in [1.165, 1.54) is 0 Å². The van der Waals surface area contributed by atoms with Gasteiger partial charge in [-0.2, -0.15) is 0 Å². The van der Waals surface area contributed by atoms with Crippen molar-refractivity contribution >= 4 is 17.9 Å². The number of imide groups is 1. The molecule has 0 unspecified atom stereocenters. The third kappa shape index (κ3) is 3.20. The standard InChI is InChI=1S/C17H22N2O5/c1-5-17(12-6-8-13(23-4)9-7-12)15(21)19(16(22)18-17)10-14(20)24-11(2)3/h6-9,11H,5,10H2,1-4H3,(H,18,22)/t17-/m1/s1. The maximum absolute atomic E-state index is 12.8. The molecule has 1 aromatic carbocycles. The Morgan fingerprint density at radius 2 is 1.88 bits per heavy atom. The Kier molecular flexibility index (Phi) is 5.11. The number of urea groups is 1. The second kappa shape index (κ2) is 6.90. The van der Waals surface area contributed by atoms with Crippen molar-refractivity contribution in [2.45, 2.75) is 38.8 Å². The summed E-state index contributed by atoms with van der Waals surface area (Å²) in [5.74, 6) is -0.421. The fourth-order valence-electron chi connectivity index (χ4n) is 2.71. The number of nitrogens with one attached hydrogen (secondary N) is 1. The number of methoxy groups -OCH3 is 1. The number of benzene rings is 1. The van der Waals surface area contributed by atoms with Crippen LogP contribution in [0.25, 0.3) is 0 Å². The summed E-state index contributed by atoms with van der Waals surface area (Å²) in [6.07, 6.45) is 0.0513. The Balaban J connectivity index is 2.27. The Labute approximate surface area is 140 Å². The quantitative estimate of drug-likeness (QED) is 0.633. The average Bonchev–Trinajstić information content (AvgIpc) is 2.79. The van der Waals surface area contributed by atoms with E-state index >= 15 is 0 Å². The molecule has 0 saturated carbocycles. The summed E-state index contributed by atoms with van der Waals surface area (Å²) in [5.41, 5.74) is -0.537. The fraction of sp³-hybridized carbons (Fsp3) is 0.471. The van der Waals surface area contributed by atoms with Crippen molar-refractivity contribution in [1.29, 1.82) is 0 Å². The van der Waals surface area contributed by atoms with Gasteiger partial charge in [-0.25, -0.2) is 4.79 Å². The van der Waals surface area contributed by atoms with E-state index in [0.717, 1.165) is 4.90 Å². The molecule has 1 fully saturated rings. The highest BCUT2D eigenvalue weighted by molar-refractivity contribution is 6.09. The number of carbonyl (C=O) groups excluding carboxylic acids is 3. The lowest BCUT2D eigenvalue weighted by atomic mass is 9.87. The van der Waals surface area contributed by atoms with Crippen LogP contribution in [0.1, 0.15) is 32.8 Å². The summed E-state index contributed by atoms with van der Waals surface area (Å²) in [6.45, 7) is 4.81. The van der Waals surface area contributed by atoms with Crippen molar-refractivity contribution in [2.24, 2.45) is 0 Å². The van der Waals surface area contributed by atoms with Gasteiger partial charge in [0.05, 0.1) is 13.2 Å². The molecule has 0 bridgehead atoms. The molecule has 7 heteroatoms. The Morgan fingerprint density at radius 1 is 1.25 bits per heavy atom. The number of hydrogen-bond acceptors (Lipinski definition) is 5. The SMILES string of the molecule is CC[C@]1(c2ccc(OC)cc2)NC(=O)N(CC(=O)OC(C)C)C1=O. The maximum Gasteiger partial charge on any atom is 0.326 e. The van der Waals surface area contributed by atoms with E-state index in [-0.39, 0.29) is 6.10 Å². The molecule has 1 aromatic rings. The molecular formula is C17H22N2O5. The Hall–Kier alpha value is -2.57. The van der Waals surface area contributed by atoms with E-state index in [1.54, 1.807) is 52.1 Å². The largest absolute Gasteiger partial charge is 0.497 e. The van der Waals surface area contributed by atoms with Crippen LogP contribution in [0.2, 0.25) is 0 Å². The number of ether oxygens (including phenoxy) is 2. The summed E-state index contributed by atoms with van der Waals surface area (Å²) >= 11 is 0. The third-order valence-electron chi connectivity index (χ3n) is 3.94. The lowest BCUT2D eigenvalue weighted by Crippen LogP contribution is -2.44. The van der Waals surface area contributed by atoms with Gasteiger partial charge in [0.25, 0.3) is 5.91 Å². The van der Waals surface area contributed by atoms with Crippen molar-refractivity contribution in [3.8, 4) is 5.75 Å². The highest BCUT2D eigenvalue weighted by atomic mass is 16.5. The molecule has 1 heterocycles. The van der Waals surface area contributed by atoms with Crippen LogP contribution in [0.4, 0.5) is 4.79 Å². The molecule has 1 aliphatic rings. The highest BCUT2D eigenvalue weighted by Crippen LogP contribution is 2.33. The lowest BCUT2D eigenvalue weighted by Gasteiger charge is -2.26. The number of rotatable bonds is 6. The van der Waals surface area contributed by atoms with Gasteiger partial charge in [0, 0.05) is 0 Å². The number of nitrogens with zero attached hydrogens (tertiary/aromatic N) is 1. The number of carbonyl (C=O) groups is 3. The molecule has 1 atom stereocenters. The van der Waals surface area contributed by atoms with Gasteiger partial charge in [0.15, 0.2) is 0 Å². The molecular weight excluding hydrogens is 312 g/mol. The monoisotopic (exact) mass is 334 g/mol. The third-order valence-corrected chi connectivity index (χ3v) is 3.94. The molecule has 0 radical (unpaired) electrons. The topological polar surface area (TPSA) is 84.9 Å². The van der Waals surface area contributed by atoms with Gasteiger partial charge in [-0.15, -0.1) is 0 Å². The van der Waals surface area contributed by atoms with Crippen molar-refractivity contribution in [3.63, 3.8) is 0 Å². The molecule has 2 rings (SSSR count). The first-order valence-corrected chi connectivity index (χ1v) is 7.82.